The number of carbonyl (C=O) groups excluding carboxylic acids is 1. The number of methoxy groups -OCH3 is 1. The first kappa shape index (κ1) is 16.3. The molecule has 7 heteroatoms. The number of hydrogen-bond donors (Lipinski definition) is 2. The van der Waals surface area contributed by atoms with Crippen molar-refractivity contribution in [2.75, 3.05) is 17.7 Å². The fraction of sp³-hybridized carbons (Fsp3) is 0.0952. The van der Waals surface area contributed by atoms with Gasteiger partial charge >= 0.3 is 0 Å². The molecule has 1 aliphatic rings. The first-order chi connectivity index (χ1) is 13.7. The molecule has 2 aromatic heterocycles. The van der Waals surface area contributed by atoms with E-state index in [-0.39, 0.29) is 5.91 Å². The Kier molecular flexibility index (Phi) is 3.72. The predicted octanol–water partition coefficient (Wildman–Crippen LogP) is 3.64. The minimum absolute atomic E-state index is 0.0126. The molecule has 5 rings (SSSR count). The van der Waals surface area contributed by atoms with Crippen LogP contribution in [0.25, 0.3) is 16.8 Å². The summed E-state index contributed by atoms with van der Waals surface area (Å²) in [6, 6.07) is 17.5. The number of fused-ring (bicyclic) bond motifs is 2. The van der Waals surface area contributed by atoms with Crippen molar-refractivity contribution in [1.82, 2.24) is 14.6 Å². The van der Waals surface area contributed by atoms with Gasteiger partial charge < -0.3 is 15.4 Å². The van der Waals surface area contributed by atoms with Crippen LogP contribution in [0, 0.1) is 0 Å². The Morgan fingerprint density at radius 1 is 1.14 bits per heavy atom. The van der Waals surface area contributed by atoms with E-state index in [1.165, 1.54) is 0 Å². The molecule has 138 valence electrons. The number of amides is 1. The highest BCUT2D eigenvalue weighted by molar-refractivity contribution is 5.99. The summed E-state index contributed by atoms with van der Waals surface area (Å²) in [6.07, 6.45) is 2.16. The van der Waals surface area contributed by atoms with Crippen molar-refractivity contribution in [3.05, 3.63) is 66.4 Å². The lowest BCUT2D eigenvalue weighted by molar-refractivity contribution is -0.115. The number of rotatable bonds is 4. The Morgan fingerprint density at radius 2 is 2.04 bits per heavy atom. The number of ether oxygens (including phenoxy) is 1. The van der Waals surface area contributed by atoms with E-state index in [1.54, 1.807) is 13.3 Å². The zero-order chi connectivity index (χ0) is 19.1. The van der Waals surface area contributed by atoms with Crippen molar-refractivity contribution in [1.29, 1.82) is 0 Å². The molecule has 0 spiro atoms. The molecule has 2 N–H and O–H groups in total. The number of nitrogens with one attached hydrogen (secondary N) is 2. The van der Waals surface area contributed by atoms with Crippen molar-refractivity contribution in [2.45, 2.75) is 6.42 Å². The number of hydrogen-bond acceptors (Lipinski definition) is 5. The summed E-state index contributed by atoms with van der Waals surface area (Å²) in [4.78, 5) is 15.9. The molecule has 1 aliphatic heterocycles. The molecule has 1 amide bonds. The van der Waals surface area contributed by atoms with Gasteiger partial charge in [0.1, 0.15) is 5.75 Å². The fourth-order valence-corrected chi connectivity index (χ4v) is 3.46. The van der Waals surface area contributed by atoms with E-state index >= 15 is 0 Å². The van der Waals surface area contributed by atoms with Crippen LogP contribution in [0.4, 0.5) is 17.3 Å². The Labute approximate surface area is 161 Å². The standard InChI is InChI=1S/C21H17N5O2/c1-28-19-5-3-2-4-16(19)18-9-7-15-12-22-21(25-26(15)18)23-14-6-8-17-13(10-14)11-20(27)24-17/h2-10,12H,11H2,1H3,(H,23,25)(H,24,27). The monoisotopic (exact) mass is 371 g/mol. The molecule has 2 aromatic carbocycles. The van der Waals surface area contributed by atoms with E-state index in [9.17, 15) is 4.79 Å². The summed E-state index contributed by atoms with van der Waals surface area (Å²) in [5.41, 5.74) is 5.41. The van der Waals surface area contributed by atoms with Gasteiger partial charge in [-0.25, -0.2) is 9.50 Å². The average molecular weight is 371 g/mol. The summed E-state index contributed by atoms with van der Waals surface area (Å²) < 4.78 is 7.33. The lowest BCUT2D eigenvalue weighted by atomic mass is 10.1. The maximum Gasteiger partial charge on any atom is 0.245 e. The molecule has 0 saturated heterocycles. The number of aromatic nitrogens is 3. The molecule has 0 unspecified atom stereocenters. The van der Waals surface area contributed by atoms with E-state index in [0.29, 0.717) is 12.4 Å². The minimum atomic E-state index is 0.0126. The van der Waals surface area contributed by atoms with Crippen LogP contribution in [0.2, 0.25) is 0 Å². The average Bonchev–Trinajstić information content (AvgIpc) is 3.29. The van der Waals surface area contributed by atoms with Gasteiger partial charge in [-0.3, -0.25) is 4.79 Å². The van der Waals surface area contributed by atoms with Crippen LogP contribution in [0.15, 0.2) is 60.8 Å². The number of anilines is 3. The zero-order valence-electron chi connectivity index (χ0n) is 15.1. The molecule has 28 heavy (non-hydrogen) atoms. The van der Waals surface area contributed by atoms with Crippen LogP contribution in [-0.4, -0.2) is 27.6 Å². The Hall–Kier alpha value is -3.87. The van der Waals surface area contributed by atoms with Crippen molar-refractivity contribution in [3.63, 3.8) is 0 Å². The smallest absolute Gasteiger partial charge is 0.245 e. The molecule has 0 aliphatic carbocycles. The van der Waals surface area contributed by atoms with Gasteiger partial charge in [0, 0.05) is 16.9 Å². The molecule has 0 radical (unpaired) electrons. The largest absolute Gasteiger partial charge is 0.496 e. The molecule has 4 aromatic rings. The van der Waals surface area contributed by atoms with Crippen LogP contribution >= 0.6 is 0 Å². The van der Waals surface area contributed by atoms with Crippen LogP contribution in [0.5, 0.6) is 5.75 Å². The molecule has 0 fully saturated rings. The third-order valence-electron chi connectivity index (χ3n) is 4.77. The zero-order valence-corrected chi connectivity index (χ0v) is 15.1. The topological polar surface area (TPSA) is 80.5 Å². The van der Waals surface area contributed by atoms with Crippen LogP contribution in [0.3, 0.4) is 0 Å². The maximum atomic E-state index is 11.5. The van der Waals surface area contributed by atoms with E-state index in [2.05, 4.69) is 20.7 Å². The molecule has 3 heterocycles. The normalized spacial score (nSPS) is 12.7. The first-order valence-corrected chi connectivity index (χ1v) is 8.89. The second-order valence-electron chi connectivity index (χ2n) is 6.56. The van der Waals surface area contributed by atoms with Crippen LogP contribution < -0.4 is 15.4 Å². The second-order valence-corrected chi connectivity index (χ2v) is 6.56. The third-order valence-corrected chi connectivity index (χ3v) is 4.77. The fourth-order valence-electron chi connectivity index (χ4n) is 3.46. The van der Waals surface area contributed by atoms with Crippen molar-refractivity contribution >= 4 is 28.7 Å². The summed E-state index contributed by atoms with van der Waals surface area (Å²) in [7, 11) is 1.66. The Bertz CT molecular complexity index is 1210. The SMILES string of the molecule is COc1ccccc1-c1ccc2cnc(Nc3ccc4c(c3)CC(=O)N4)nn12. The summed E-state index contributed by atoms with van der Waals surface area (Å²) >= 11 is 0. The molecule has 0 atom stereocenters. The maximum absolute atomic E-state index is 11.5. The molecular weight excluding hydrogens is 354 g/mol. The number of carbonyl (C=O) groups is 1. The van der Waals surface area contributed by atoms with E-state index in [0.717, 1.165) is 39.5 Å². The van der Waals surface area contributed by atoms with Gasteiger partial charge in [-0.05, 0) is 48.0 Å². The van der Waals surface area contributed by atoms with Gasteiger partial charge in [0.25, 0.3) is 0 Å². The Balaban J connectivity index is 1.52. The van der Waals surface area contributed by atoms with Crippen molar-refractivity contribution < 1.29 is 9.53 Å². The van der Waals surface area contributed by atoms with Crippen molar-refractivity contribution in [3.8, 4) is 17.0 Å². The lowest BCUT2D eigenvalue weighted by Crippen LogP contribution is -2.03. The molecule has 0 saturated carbocycles. The summed E-state index contributed by atoms with van der Waals surface area (Å²) in [5, 5.41) is 10.7. The second kappa shape index (κ2) is 6.38. The molecule has 0 bridgehead atoms. The summed E-state index contributed by atoms with van der Waals surface area (Å²) in [6.45, 7) is 0. The summed E-state index contributed by atoms with van der Waals surface area (Å²) in [5.74, 6) is 1.27. The van der Waals surface area contributed by atoms with Crippen LogP contribution in [0.1, 0.15) is 5.56 Å². The highest BCUT2D eigenvalue weighted by Crippen LogP contribution is 2.31. The van der Waals surface area contributed by atoms with Gasteiger partial charge in [0.05, 0.1) is 30.9 Å². The lowest BCUT2D eigenvalue weighted by Gasteiger charge is -2.10. The van der Waals surface area contributed by atoms with Gasteiger partial charge in [-0.2, -0.15) is 0 Å². The van der Waals surface area contributed by atoms with E-state index < -0.39 is 0 Å². The van der Waals surface area contributed by atoms with Crippen molar-refractivity contribution in [2.24, 2.45) is 0 Å². The van der Waals surface area contributed by atoms with Gasteiger partial charge in [0.2, 0.25) is 11.9 Å². The highest BCUT2D eigenvalue weighted by Gasteiger charge is 2.18. The quantitative estimate of drug-likeness (QED) is 0.572. The van der Waals surface area contributed by atoms with Gasteiger partial charge in [-0.1, -0.05) is 12.1 Å². The predicted molar refractivity (Wildman–Crippen MR) is 107 cm³/mol. The van der Waals surface area contributed by atoms with E-state index in [4.69, 9.17) is 4.74 Å². The Morgan fingerprint density at radius 3 is 2.93 bits per heavy atom. The van der Waals surface area contributed by atoms with Gasteiger partial charge in [0.15, 0.2) is 0 Å². The molecular formula is C21H17N5O2. The highest BCUT2D eigenvalue weighted by atomic mass is 16.5. The van der Waals surface area contributed by atoms with Gasteiger partial charge in [-0.15, -0.1) is 5.10 Å². The number of nitrogens with zero attached hydrogens (tertiary/aromatic N) is 3. The minimum Gasteiger partial charge on any atom is -0.496 e. The third kappa shape index (κ3) is 2.73. The van der Waals surface area contributed by atoms with E-state index in [1.807, 2.05) is 59.1 Å². The number of para-hydroxylation sites is 1. The first-order valence-electron chi connectivity index (χ1n) is 8.89. The van der Waals surface area contributed by atoms with Crippen LogP contribution in [-0.2, 0) is 11.2 Å². The molecule has 7 nitrogen and oxygen atoms in total. The number of benzene rings is 2.